The lowest BCUT2D eigenvalue weighted by Crippen LogP contribution is -2.16. The number of benzene rings is 2. The van der Waals surface area contributed by atoms with Crippen LogP contribution < -0.4 is 11.1 Å². The molecule has 0 heterocycles. The zero-order chi connectivity index (χ0) is 14.5. The van der Waals surface area contributed by atoms with Crippen LogP contribution in [-0.2, 0) is 17.8 Å². The predicted octanol–water partition coefficient (Wildman–Crippen LogP) is 2.34. The van der Waals surface area contributed by atoms with Crippen molar-refractivity contribution in [1.29, 1.82) is 0 Å². The Morgan fingerprint density at radius 3 is 2.60 bits per heavy atom. The van der Waals surface area contributed by atoms with E-state index in [4.69, 9.17) is 5.73 Å². The lowest BCUT2D eigenvalue weighted by Gasteiger charge is -2.10. The number of rotatable bonds is 4. The van der Waals surface area contributed by atoms with Crippen LogP contribution in [0.3, 0.4) is 0 Å². The van der Waals surface area contributed by atoms with Crippen LogP contribution in [0.2, 0.25) is 0 Å². The first-order valence-electron chi connectivity index (χ1n) is 6.46. The molecule has 4 N–H and O–H groups in total. The number of anilines is 1. The molecule has 0 unspecified atom stereocenters. The Hall–Kier alpha value is -2.33. The van der Waals surface area contributed by atoms with E-state index in [-0.39, 0.29) is 18.1 Å². The first kappa shape index (κ1) is 14.1. The lowest BCUT2D eigenvalue weighted by atomic mass is 10.0. The molecule has 20 heavy (non-hydrogen) atoms. The number of aromatic hydroxyl groups is 1. The fourth-order valence-corrected chi connectivity index (χ4v) is 2.05. The maximum absolute atomic E-state index is 12.1. The normalized spacial score (nSPS) is 10.3. The molecule has 2 aromatic carbocycles. The summed E-state index contributed by atoms with van der Waals surface area (Å²) in [6.07, 6.45) is 0.237. The first-order valence-corrected chi connectivity index (χ1v) is 6.46. The van der Waals surface area contributed by atoms with Gasteiger partial charge in [-0.15, -0.1) is 0 Å². The van der Waals surface area contributed by atoms with Gasteiger partial charge in [0.15, 0.2) is 0 Å². The molecule has 0 aliphatic heterocycles. The van der Waals surface area contributed by atoms with Gasteiger partial charge in [0, 0.05) is 6.54 Å². The minimum atomic E-state index is -0.174. The van der Waals surface area contributed by atoms with Gasteiger partial charge in [-0.3, -0.25) is 4.79 Å². The number of phenolic OH excluding ortho intramolecular Hbond substituents is 1. The number of nitrogens with two attached hydrogens (primary N) is 1. The Balaban J connectivity index is 2.11. The lowest BCUT2D eigenvalue weighted by molar-refractivity contribution is -0.115. The van der Waals surface area contributed by atoms with Gasteiger partial charge in [0.05, 0.1) is 12.1 Å². The number of hydrogen-bond acceptors (Lipinski definition) is 3. The molecule has 2 rings (SSSR count). The molecule has 0 saturated heterocycles. The highest BCUT2D eigenvalue weighted by Gasteiger charge is 2.09. The van der Waals surface area contributed by atoms with E-state index in [1.54, 1.807) is 18.2 Å². The van der Waals surface area contributed by atoms with Gasteiger partial charge in [-0.2, -0.15) is 0 Å². The van der Waals surface area contributed by atoms with E-state index in [9.17, 15) is 9.90 Å². The number of carbonyl (C=O) groups is 1. The molecule has 0 atom stereocenters. The molecule has 0 bridgehead atoms. The smallest absolute Gasteiger partial charge is 0.228 e. The van der Waals surface area contributed by atoms with E-state index in [0.717, 1.165) is 16.7 Å². The van der Waals surface area contributed by atoms with E-state index >= 15 is 0 Å². The highest BCUT2D eigenvalue weighted by molar-refractivity contribution is 5.93. The summed E-state index contributed by atoms with van der Waals surface area (Å²) in [5.41, 5.74) is 8.91. The molecule has 0 radical (unpaired) electrons. The van der Waals surface area contributed by atoms with Gasteiger partial charge in [0.2, 0.25) is 5.91 Å². The van der Waals surface area contributed by atoms with Gasteiger partial charge in [0.1, 0.15) is 5.75 Å². The molecule has 0 spiro atoms. The second kappa shape index (κ2) is 6.21. The van der Waals surface area contributed by atoms with Crippen LogP contribution in [-0.4, -0.2) is 11.0 Å². The quantitative estimate of drug-likeness (QED) is 0.746. The van der Waals surface area contributed by atoms with Crippen molar-refractivity contribution in [2.24, 2.45) is 5.73 Å². The summed E-state index contributed by atoms with van der Waals surface area (Å²) in [4.78, 5) is 12.1. The minimum absolute atomic E-state index is 0.0658. The van der Waals surface area contributed by atoms with Gasteiger partial charge >= 0.3 is 0 Å². The summed E-state index contributed by atoms with van der Waals surface area (Å²) >= 11 is 0. The molecule has 0 aliphatic carbocycles. The van der Waals surface area contributed by atoms with Gasteiger partial charge in [-0.1, -0.05) is 30.3 Å². The highest BCUT2D eigenvalue weighted by atomic mass is 16.3. The number of phenols is 1. The highest BCUT2D eigenvalue weighted by Crippen LogP contribution is 2.24. The fourth-order valence-electron chi connectivity index (χ4n) is 2.05. The van der Waals surface area contributed by atoms with Gasteiger partial charge in [-0.25, -0.2) is 0 Å². The Labute approximate surface area is 118 Å². The van der Waals surface area contributed by atoms with Crippen molar-refractivity contribution in [3.05, 3.63) is 59.2 Å². The van der Waals surface area contributed by atoms with Gasteiger partial charge in [0.25, 0.3) is 0 Å². The van der Waals surface area contributed by atoms with Crippen LogP contribution in [0.15, 0.2) is 42.5 Å². The van der Waals surface area contributed by atoms with E-state index < -0.39 is 0 Å². The molecule has 4 nitrogen and oxygen atoms in total. The van der Waals surface area contributed by atoms with Crippen LogP contribution in [0, 0.1) is 6.92 Å². The van der Waals surface area contributed by atoms with Gasteiger partial charge in [-0.05, 0) is 35.7 Å². The molecule has 0 fully saturated rings. The van der Waals surface area contributed by atoms with Crippen molar-refractivity contribution in [1.82, 2.24) is 0 Å². The van der Waals surface area contributed by atoms with E-state index in [1.165, 1.54) is 0 Å². The Bertz CT molecular complexity index is 624. The molecule has 4 heteroatoms. The van der Waals surface area contributed by atoms with Crippen LogP contribution in [0.25, 0.3) is 0 Å². The first-order chi connectivity index (χ1) is 9.60. The maximum Gasteiger partial charge on any atom is 0.228 e. The number of nitrogens with one attached hydrogen (secondary N) is 1. The van der Waals surface area contributed by atoms with Crippen molar-refractivity contribution in [3.63, 3.8) is 0 Å². The Morgan fingerprint density at radius 1 is 1.20 bits per heavy atom. The van der Waals surface area contributed by atoms with Crippen LogP contribution in [0.5, 0.6) is 5.75 Å². The molecule has 0 saturated carbocycles. The standard InChI is InChI=1S/C16H18N2O2/c1-11-6-7-15(19)14(8-11)18-16(20)9-12-4-2-3-5-13(12)10-17/h2-8,19H,9-10,17H2,1H3,(H,18,20). The summed E-state index contributed by atoms with van der Waals surface area (Å²) in [5, 5.41) is 12.4. The maximum atomic E-state index is 12.1. The third kappa shape index (κ3) is 3.36. The molecule has 104 valence electrons. The van der Waals surface area contributed by atoms with Crippen molar-refractivity contribution >= 4 is 11.6 Å². The summed E-state index contributed by atoms with van der Waals surface area (Å²) in [5.74, 6) is -0.108. The summed E-state index contributed by atoms with van der Waals surface area (Å²) < 4.78 is 0. The summed E-state index contributed by atoms with van der Waals surface area (Å²) in [7, 11) is 0. The molecular formula is C16H18N2O2. The molecule has 0 aliphatic rings. The predicted molar refractivity (Wildman–Crippen MR) is 79.5 cm³/mol. The van der Waals surface area contributed by atoms with E-state index in [1.807, 2.05) is 31.2 Å². The largest absolute Gasteiger partial charge is 0.506 e. The second-order valence-corrected chi connectivity index (χ2v) is 4.72. The number of hydrogen-bond donors (Lipinski definition) is 3. The molecule has 1 amide bonds. The van der Waals surface area contributed by atoms with Crippen LogP contribution in [0.4, 0.5) is 5.69 Å². The monoisotopic (exact) mass is 270 g/mol. The van der Waals surface area contributed by atoms with E-state index in [0.29, 0.717) is 12.2 Å². The van der Waals surface area contributed by atoms with Crippen molar-refractivity contribution in [2.75, 3.05) is 5.32 Å². The van der Waals surface area contributed by atoms with Crippen molar-refractivity contribution in [2.45, 2.75) is 19.9 Å². The van der Waals surface area contributed by atoms with Gasteiger partial charge < -0.3 is 16.2 Å². The van der Waals surface area contributed by atoms with Crippen LogP contribution >= 0.6 is 0 Å². The van der Waals surface area contributed by atoms with Crippen molar-refractivity contribution in [3.8, 4) is 5.75 Å². The number of aryl methyl sites for hydroxylation is 1. The SMILES string of the molecule is Cc1ccc(O)c(NC(=O)Cc2ccccc2CN)c1. The van der Waals surface area contributed by atoms with Crippen molar-refractivity contribution < 1.29 is 9.90 Å². The number of carbonyl (C=O) groups excluding carboxylic acids is 1. The average Bonchev–Trinajstić information content (AvgIpc) is 2.43. The topological polar surface area (TPSA) is 75.3 Å². The summed E-state index contributed by atoms with van der Waals surface area (Å²) in [6, 6.07) is 12.7. The minimum Gasteiger partial charge on any atom is -0.506 e. The zero-order valence-corrected chi connectivity index (χ0v) is 11.4. The number of amides is 1. The molecule has 2 aromatic rings. The third-order valence-corrected chi connectivity index (χ3v) is 3.12. The molecule has 0 aromatic heterocycles. The third-order valence-electron chi connectivity index (χ3n) is 3.12. The van der Waals surface area contributed by atoms with E-state index in [2.05, 4.69) is 5.32 Å². The Morgan fingerprint density at radius 2 is 1.90 bits per heavy atom. The second-order valence-electron chi connectivity index (χ2n) is 4.72. The fraction of sp³-hybridized carbons (Fsp3) is 0.188. The average molecular weight is 270 g/mol. The Kier molecular flexibility index (Phi) is 4.38. The summed E-state index contributed by atoms with van der Waals surface area (Å²) in [6.45, 7) is 2.30. The zero-order valence-electron chi connectivity index (χ0n) is 11.4. The van der Waals surface area contributed by atoms with Crippen LogP contribution in [0.1, 0.15) is 16.7 Å². The molecular weight excluding hydrogens is 252 g/mol.